The molecule has 2 aromatic heterocycles. The van der Waals surface area contributed by atoms with Crippen molar-refractivity contribution in [3.8, 4) is 11.3 Å². The number of hydrogen-bond donors (Lipinski definition) is 1. The van der Waals surface area contributed by atoms with Crippen LogP contribution in [0.25, 0.3) is 11.3 Å². The molecule has 0 bridgehead atoms. The van der Waals surface area contributed by atoms with Crippen LogP contribution in [0.1, 0.15) is 11.4 Å². The SMILES string of the molecule is CNc1cc(-c2cncc(C)c2)nc(C)n1. The van der Waals surface area contributed by atoms with E-state index in [4.69, 9.17) is 0 Å². The van der Waals surface area contributed by atoms with E-state index in [1.54, 1.807) is 0 Å². The van der Waals surface area contributed by atoms with E-state index in [0.29, 0.717) is 0 Å². The van der Waals surface area contributed by atoms with Gasteiger partial charge in [-0.2, -0.15) is 0 Å². The molecule has 0 spiro atoms. The molecule has 2 rings (SSSR count). The molecule has 4 nitrogen and oxygen atoms in total. The Morgan fingerprint density at radius 3 is 2.56 bits per heavy atom. The zero-order chi connectivity index (χ0) is 11.5. The fraction of sp³-hybridized carbons (Fsp3) is 0.250. The van der Waals surface area contributed by atoms with Crippen molar-refractivity contribution in [3.63, 3.8) is 0 Å². The van der Waals surface area contributed by atoms with Gasteiger partial charge in [-0.25, -0.2) is 9.97 Å². The van der Waals surface area contributed by atoms with Crippen LogP contribution in [0.4, 0.5) is 5.82 Å². The molecule has 0 saturated carbocycles. The molecule has 0 radical (unpaired) electrons. The van der Waals surface area contributed by atoms with Gasteiger partial charge in [0.2, 0.25) is 0 Å². The molecule has 0 aliphatic heterocycles. The average Bonchev–Trinajstić information content (AvgIpc) is 2.28. The van der Waals surface area contributed by atoms with E-state index < -0.39 is 0 Å². The van der Waals surface area contributed by atoms with Gasteiger partial charge in [-0.15, -0.1) is 0 Å². The number of anilines is 1. The molecule has 0 fully saturated rings. The molecular formula is C12H14N4. The second kappa shape index (κ2) is 4.26. The first-order chi connectivity index (χ1) is 7.69. The minimum atomic E-state index is 0.753. The quantitative estimate of drug-likeness (QED) is 0.832. The van der Waals surface area contributed by atoms with Gasteiger partial charge in [0, 0.05) is 31.1 Å². The lowest BCUT2D eigenvalue weighted by atomic mass is 10.1. The van der Waals surface area contributed by atoms with Crippen LogP contribution in [-0.2, 0) is 0 Å². The van der Waals surface area contributed by atoms with Crippen molar-refractivity contribution in [1.29, 1.82) is 0 Å². The predicted molar refractivity (Wildman–Crippen MR) is 64.3 cm³/mol. The lowest BCUT2D eigenvalue weighted by molar-refractivity contribution is 1.05. The third kappa shape index (κ3) is 2.16. The van der Waals surface area contributed by atoms with E-state index in [9.17, 15) is 0 Å². The Balaban J connectivity index is 2.51. The monoisotopic (exact) mass is 214 g/mol. The summed E-state index contributed by atoms with van der Waals surface area (Å²) in [5.74, 6) is 1.58. The van der Waals surface area contributed by atoms with E-state index >= 15 is 0 Å². The summed E-state index contributed by atoms with van der Waals surface area (Å²) in [5.41, 5.74) is 3.04. The first-order valence-corrected chi connectivity index (χ1v) is 5.14. The minimum absolute atomic E-state index is 0.753. The van der Waals surface area contributed by atoms with Crippen molar-refractivity contribution in [2.24, 2.45) is 0 Å². The van der Waals surface area contributed by atoms with Crippen LogP contribution in [0.3, 0.4) is 0 Å². The number of nitrogens with zero attached hydrogens (tertiary/aromatic N) is 3. The molecule has 0 amide bonds. The van der Waals surface area contributed by atoms with Gasteiger partial charge >= 0.3 is 0 Å². The lowest BCUT2D eigenvalue weighted by Gasteiger charge is -2.05. The zero-order valence-corrected chi connectivity index (χ0v) is 9.65. The van der Waals surface area contributed by atoms with Gasteiger partial charge in [0.1, 0.15) is 11.6 Å². The van der Waals surface area contributed by atoms with Gasteiger partial charge in [-0.1, -0.05) is 0 Å². The highest BCUT2D eigenvalue weighted by molar-refractivity contribution is 5.62. The summed E-state index contributed by atoms with van der Waals surface area (Å²) in [6.07, 6.45) is 3.64. The molecule has 0 unspecified atom stereocenters. The molecule has 2 heterocycles. The fourth-order valence-corrected chi connectivity index (χ4v) is 1.54. The Bertz CT molecular complexity index is 508. The molecular weight excluding hydrogens is 200 g/mol. The second-order valence-corrected chi connectivity index (χ2v) is 3.69. The highest BCUT2D eigenvalue weighted by Crippen LogP contribution is 2.19. The highest BCUT2D eigenvalue weighted by Gasteiger charge is 2.03. The summed E-state index contributed by atoms with van der Waals surface area (Å²) < 4.78 is 0. The van der Waals surface area contributed by atoms with Gasteiger partial charge in [0.15, 0.2) is 0 Å². The van der Waals surface area contributed by atoms with Crippen molar-refractivity contribution in [2.75, 3.05) is 12.4 Å². The smallest absolute Gasteiger partial charge is 0.130 e. The number of nitrogens with one attached hydrogen (secondary N) is 1. The van der Waals surface area contributed by atoms with E-state index in [2.05, 4.69) is 26.3 Å². The second-order valence-electron chi connectivity index (χ2n) is 3.69. The van der Waals surface area contributed by atoms with Crippen LogP contribution < -0.4 is 5.32 Å². The third-order valence-corrected chi connectivity index (χ3v) is 2.26. The first-order valence-electron chi connectivity index (χ1n) is 5.14. The number of pyridine rings is 1. The molecule has 0 atom stereocenters. The third-order valence-electron chi connectivity index (χ3n) is 2.26. The Kier molecular flexibility index (Phi) is 2.81. The number of rotatable bonds is 2. The van der Waals surface area contributed by atoms with E-state index in [1.807, 2.05) is 39.4 Å². The number of aromatic nitrogens is 3. The van der Waals surface area contributed by atoms with Crippen molar-refractivity contribution in [1.82, 2.24) is 15.0 Å². The molecule has 16 heavy (non-hydrogen) atoms. The summed E-state index contributed by atoms with van der Waals surface area (Å²) >= 11 is 0. The first kappa shape index (κ1) is 10.5. The van der Waals surface area contributed by atoms with Crippen LogP contribution >= 0.6 is 0 Å². The molecule has 0 aliphatic rings. The van der Waals surface area contributed by atoms with Gasteiger partial charge in [0.05, 0.1) is 5.69 Å². The van der Waals surface area contributed by atoms with Crippen LogP contribution in [0.15, 0.2) is 24.5 Å². The van der Waals surface area contributed by atoms with Crippen molar-refractivity contribution in [3.05, 3.63) is 35.9 Å². The number of hydrogen-bond acceptors (Lipinski definition) is 4. The van der Waals surface area contributed by atoms with E-state index in [0.717, 1.165) is 28.5 Å². The molecule has 4 heteroatoms. The van der Waals surface area contributed by atoms with Crippen molar-refractivity contribution < 1.29 is 0 Å². The topological polar surface area (TPSA) is 50.7 Å². The van der Waals surface area contributed by atoms with Crippen LogP contribution in [0.2, 0.25) is 0 Å². The maximum atomic E-state index is 4.40. The summed E-state index contributed by atoms with van der Waals surface area (Å²) in [6.45, 7) is 3.90. The maximum Gasteiger partial charge on any atom is 0.130 e. The van der Waals surface area contributed by atoms with Crippen LogP contribution in [-0.4, -0.2) is 22.0 Å². The van der Waals surface area contributed by atoms with Gasteiger partial charge < -0.3 is 5.32 Å². The van der Waals surface area contributed by atoms with Crippen molar-refractivity contribution in [2.45, 2.75) is 13.8 Å². The summed E-state index contributed by atoms with van der Waals surface area (Å²) in [4.78, 5) is 12.8. The highest BCUT2D eigenvalue weighted by atomic mass is 15.0. The van der Waals surface area contributed by atoms with E-state index in [1.165, 1.54) is 0 Å². The van der Waals surface area contributed by atoms with Gasteiger partial charge in [-0.05, 0) is 25.5 Å². The lowest BCUT2D eigenvalue weighted by Crippen LogP contribution is -1.98. The molecule has 0 aliphatic carbocycles. The van der Waals surface area contributed by atoms with Crippen molar-refractivity contribution >= 4 is 5.82 Å². The van der Waals surface area contributed by atoms with E-state index in [-0.39, 0.29) is 0 Å². The Morgan fingerprint density at radius 2 is 1.88 bits per heavy atom. The largest absolute Gasteiger partial charge is 0.373 e. The molecule has 0 saturated heterocycles. The summed E-state index contributed by atoms with van der Waals surface area (Å²) in [5, 5.41) is 3.02. The summed E-state index contributed by atoms with van der Waals surface area (Å²) in [6, 6.07) is 3.98. The van der Waals surface area contributed by atoms with Crippen LogP contribution in [0.5, 0.6) is 0 Å². The van der Waals surface area contributed by atoms with Crippen LogP contribution in [0, 0.1) is 13.8 Å². The molecule has 0 aromatic carbocycles. The standard InChI is InChI=1S/C12H14N4/c1-8-4-10(7-14-6-8)11-5-12(13-3)16-9(2)15-11/h4-7H,1-3H3,(H,13,15,16). The maximum absolute atomic E-state index is 4.40. The normalized spacial score (nSPS) is 10.2. The predicted octanol–water partition coefficient (Wildman–Crippen LogP) is 2.20. The average molecular weight is 214 g/mol. The molecule has 1 N–H and O–H groups in total. The molecule has 2 aromatic rings. The number of aryl methyl sites for hydroxylation is 2. The Labute approximate surface area is 94.8 Å². The fourth-order valence-electron chi connectivity index (χ4n) is 1.54. The molecule has 82 valence electrons. The minimum Gasteiger partial charge on any atom is -0.373 e. The van der Waals surface area contributed by atoms with Gasteiger partial charge in [-0.3, -0.25) is 4.98 Å². The zero-order valence-electron chi connectivity index (χ0n) is 9.65. The van der Waals surface area contributed by atoms with Gasteiger partial charge in [0.25, 0.3) is 0 Å². The Hall–Kier alpha value is -1.97. The Morgan fingerprint density at radius 1 is 1.06 bits per heavy atom. The summed E-state index contributed by atoms with van der Waals surface area (Å²) in [7, 11) is 1.85.